The van der Waals surface area contributed by atoms with Gasteiger partial charge in [0.25, 0.3) is 5.91 Å². The van der Waals surface area contributed by atoms with Gasteiger partial charge in [0.2, 0.25) is 0 Å². The largest absolute Gasteiger partial charge is 0.493 e. The van der Waals surface area contributed by atoms with Crippen LogP contribution >= 0.6 is 0 Å². The van der Waals surface area contributed by atoms with Crippen LogP contribution in [0, 0.1) is 13.8 Å². The Morgan fingerprint density at radius 2 is 1.91 bits per heavy atom. The number of amides is 1. The summed E-state index contributed by atoms with van der Waals surface area (Å²) < 4.78 is 34.7. The molecule has 1 amide bonds. The van der Waals surface area contributed by atoms with Crippen LogP contribution < -0.4 is 14.8 Å². The fourth-order valence-corrected chi connectivity index (χ4v) is 2.21. The van der Waals surface area contributed by atoms with E-state index in [1.807, 2.05) is 26.0 Å². The quantitative estimate of drug-likeness (QED) is 0.899. The molecule has 23 heavy (non-hydrogen) atoms. The number of aryl methyl sites for hydroxylation is 2. The number of carbonyl (C=O) groups is 1. The first-order valence-corrected chi connectivity index (χ1v) is 6.92. The van der Waals surface area contributed by atoms with Crippen molar-refractivity contribution in [1.82, 2.24) is 0 Å². The summed E-state index contributed by atoms with van der Waals surface area (Å²) in [6, 6.07) is 9.91. The molecule has 1 N–H and O–H groups in total. The Kier molecular flexibility index (Phi) is 5.16. The van der Waals surface area contributed by atoms with Gasteiger partial charge in [0.15, 0.2) is 11.5 Å². The molecule has 2 aromatic rings. The molecule has 0 heterocycles. The lowest BCUT2D eigenvalue weighted by molar-refractivity contribution is -0.0515. The van der Waals surface area contributed by atoms with E-state index >= 15 is 0 Å². The van der Waals surface area contributed by atoms with Crippen LogP contribution in [0.3, 0.4) is 0 Å². The third-order valence-corrected chi connectivity index (χ3v) is 3.28. The predicted molar refractivity (Wildman–Crippen MR) is 83.5 cm³/mol. The van der Waals surface area contributed by atoms with E-state index in [2.05, 4.69) is 10.1 Å². The molecule has 6 heteroatoms. The second kappa shape index (κ2) is 7.09. The van der Waals surface area contributed by atoms with Crippen molar-refractivity contribution in [2.75, 3.05) is 12.4 Å². The number of nitrogens with one attached hydrogen (secondary N) is 1. The highest BCUT2D eigenvalue weighted by molar-refractivity contribution is 6.07. The topological polar surface area (TPSA) is 47.6 Å². The molecule has 2 aromatic carbocycles. The number of anilines is 1. The summed E-state index contributed by atoms with van der Waals surface area (Å²) >= 11 is 0. The van der Waals surface area contributed by atoms with Crippen LogP contribution in [0.5, 0.6) is 11.5 Å². The van der Waals surface area contributed by atoms with Gasteiger partial charge in [0, 0.05) is 5.69 Å². The number of halogens is 2. The molecular formula is C17H17F2NO3. The first kappa shape index (κ1) is 16.7. The molecule has 0 radical (unpaired) electrons. The summed E-state index contributed by atoms with van der Waals surface area (Å²) in [5.41, 5.74) is 2.51. The smallest absolute Gasteiger partial charge is 0.387 e. The zero-order chi connectivity index (χ0) is 17.0. The van der Waals surface area contributed by atoms with E-state index in [0.29, 0.717) is 5.69 Å². The average Bonchev–Trinajstić information content (AvgIpc) is 2.49. The minimum absolute atomic E-state index is 0.0235. The Morgan fingerprint density at radius 3 is 2.52 bits per heavy atom. The molecule has 0 aliphatic rings. The van der Waals surface area contributed by atoms with E-state index in [4.69, 9.17) is 4.74 Å². The molecule has 0 saturated carbocycles. The summed E-state index contributed by atoms with van der Waals surface area (Å²) in [6.45, 7) is 0.735. The number of carbonyl (C=O) groups excluding carboxylic acids is 1. The monoisotopic (exact) mass is 321 g/mol. The Hall–Kier alpha value is -2.63. The molecular weight excluding hydrogens is 304 g/mol. The lowest BCUT2D eigenvalue weighted by atomic mass is 10.1. The molecule has 0 bridgehead atoms. The lowest BCUT2D eigenvalue weighted by Crippen LogP contribution is -2.16. The van der Waals surface area contributed by atoms with Gasteiger partial charge in [-0.25, -0.2) is 0 Å². The van der Waals surface area contributed by atoms with Crippen LogP contribution in [0.25, 0.3) is 0 Å². The summed E-state index contributed by atoms with van der Waals surface area (Å²) in [5.74, 6) is -0.766. The van der Waals surface area contributed by atoms with Crippen LogP contribution in [0.2, 0.25) is 0 Å². The van der Waals surface area contributed by atoms with Gasteiger partial charge < -0.3 is 14.8 Å². The Labute approximate surface area is 133 Å². The Bertz CT molecular complexity index is 717. The summed E-state index contributed by atoms with van der Waals surface area (Å²) in [6.07, 6.45) is 0. The van der Waals surface area contributed by atoms with Crippen LogP contribution in [0.1, 0.15) is 21.5 Å². The SMILES string of the molecule is COc1cccc(C(=O)Nc2ccc(C)cc2C)c1OC(F)F. The van der Waals surface area contributed by atoms with Crippen molar-refractivity contribution in [3.8, 4) is 11.5 Å². The van der Waals surface area contributed by atoms with Crippen molar-refractivity contribution < 1.29 is 23.0 Å². The van der Waals surface area contributed by atoms with Crippen LogP contribution in [-0.4, -0.2) is 19.6 Å². The summed E-state index contributed by atoms with van der Waals surface area (Å²) in [4.78, 5) is 12.4. The number of benzene rings is 2. The van der Waals surface area contributed by atoms with Gasteiger partial charge in [-0.2, -0.15) is 8.78 Å². The maximum Gasteiger partial charge on any atom is 0.387 e. The molecule has 122 valence electrons. The van der Waals surface area contributed by atoms with E-state index in [0.717, 1.165) is 11.1 Å². The highest BCUT2D eigenvalue weighted by Gasteiger charge is 2.20. The molecule has 0 aliphatic heterocycles. The maximum atomic E-state index is 12.6. The van der Waals surface area contributed by atoms with Crippen molar-refractivity contribution in [3.63, 3.8) is 0 Å². The minimum atomic E-state index is -3.06. The van der Waals surface area contributed by atoms with E-state index < -0.39 is 12.5 Å². The van der Waals surface area contributed by atoms with Gasteiger partial charge in [-0.3, -0.25) is 4.79 Å². The normalized spacial score (nSPS) is 10.5. The van der Waals surface area contributed by atoms with E-state index in [1.165, 1.54) is 25.3 Å². The summed E-state index contributed by atoms with van der Waals surface area (Å²) in [5, 5.41) is 2.70. The molecule has 0 aromatic heterocycles. The van der Waals surface area contributed by atoms with Gasteiger partial charge in [0.05, 0.1) is 12.7 Å². The number of rotatable bonds is 5. The number of ether oxygens (including phenoxy) is 2. The van der Waals surface area contributed by atoms with Gasteiger partial charge in [-0.05, 0) is 37.6 Å². The van der Waals surface area contributed by atoms with Crippen LogP contribution in [-0.2, 0) is 0 Å². The van der Waals surface area contributed by atoms with Crippen molar-refractivity contribution in [2.24, 2.45) is 0 Å². The number of methoxy groups -OCH3 is 1. The van der Waals surface area contributed by atoms with Crippen LogP contribution in [0.4, 0.5) is 14.5 Å². The van der Waals surface area contributed by atoms with Crippen molar-refractivity contribution in [1.29, 1.82) is 0 Å². The molecule has 0 aliphatic carbocycles. The van der Waals surface area contributed by atoms with Crippen molar-refractivity contribution in [2.45, 2.75) is 20.5 Å². The highest BCUT2D eigenvalue weighted by Crippen LogP contribution is 2.33. The molecule has 4 nitrogen and oxygen atoms in total. The van der Waals surface area contributed by atoms with Crippen molar-refractivity contribution >= 4 is 11.6 Å². The van der Waals surface area contributed by atoms with Gasteiger partial charge in [0.1, 0.15) is 0 Å². The third kappa shape index (κ3) is 3.97. The second-order valence-corrected chi connectivity index (χ2v) is 4.99. The van der Waals surface area contributed by atoms with Gasteiger partial charge >= 0.3 is 6.61 Å². The standard InChI is InChI=1S/C17H17F2NO3/c1-10-7-8-13(11(2)9-10)20-16(21)12-5-4-6-14(22-3)15(12)23-17(18)19/h4-9,17H,1-3H3,(H,20,21). The first-order valence-electron chi connectivity index (χ1n) is 6.92. The third-order valence-electron chi connectivity index (χ3n) is 3.28. The first-order chi connectivity index (χ1) is 10.9. The molecule has 0 fully saturated rings. The molecule has 0 saturated heterocycles. The van der Waals surface area contributed by atoms with E-state index in [9.17, 15) is 13.6 Å². The molecule has 2 rings (SSSR count). The number of hydrogen-bond acceptors (Lipinski definition) is 3. The van der Waals surface area contributed by atoms with Crippen LogP contribution in [0.15, 0.2) is 36.4 Å². The Morgan fingerprint density at radius 1 is 1.17 bits per heavy atom. The van der Waals surface area contributed by atoms with Crippen molar-refractivity contribution in [3.05, 3.63) is 53.1 Å². The van der Waals surface area contributed by atoms with Gasteiger partial charge in [-0.15, -0.1) is 0 Å². The molecule has 0 unspecified atom stereocenters. The molecule has 0 atom stereocenters. The lowest BCUT2D eigenvalue weighted by Gasteiger charge is -2.15. The minimum Gasteiger partial charge on any atom is -0.493 e. The predicted octanol–water partition coefficient (Wildman–Crippen LogP) is 4.17. The Balaban J connectivity index is 2.35. The number of hydrogen-bond donors (Lipinski definition) is 1. The maximum absolute atomic E-state index is 12.6. The van der Waals surface area contributed by atoms with E-state index in [-0.39, 0.29) is 17.1 Å². The highest BCUT2D eigenvalue weighted by atomic mass is 19.3. The fourth-order valence-electron chi connectivity index (χ4n) is 2.21. The fraction of sp³-hybridized carbons (Fsp3) is 0.235. The average molecular weight is 321 g/mol. The zero-order valence-electron chi connectivity index (χ0n) is 13.0. The second-order valence-electron chi connectivity index (χ2n) is 4.99. The zero-order valence-corrected chi connectivity index (χ0v) is 13.0. The van der Waals surface area contributed by atoms with Gasteiger partial charge in [-0.1, -0.05) is 23.8 Å². The molecule has 0 spiro atoms. The van der Waals surface area contributed by atoms with E-state index in [1.54, 1.807) is 6.07 Å². The number of para-hydroxylation sites is 1. The summed E-state index contributed by atoms with van der Waals surface area (Å²) in [7, 11) is 1.32. The number of alkyl halides is 2.